The van der Waals surface area contributed by atoms with Crippen molar-refractivity contribution in [1.29, 1.82) is 0 Å². The Balaban J connectivity index is 1.66. The number of amides is 1. The molecule has 1 fully saturated rings. The zero-order chi connectivity index (χ0) is 22.3. The van der Waals surface area contributed by atoms with E-state index in [2.05, 4.69) is 15.5 Å². The van der Waals surface area contributed by atoms with Gasteiger partial charge in [0.25, 0.3) is 5.91 Å². The smallest absolute Gasteiger partial charge is 0.379 e. The highest BCUT2D eigenvalue weighted by Crippen LogP contribution is 2.34. The average Bonchev–Trinajstić information content (AvgIpc) is 3.22. The van der Waals surface area contributed by atoms with E-state index in [1.165, 1.54) is 0 Å². The molecule has 1 aliphatic heterocycles. The van der Waals surface area contributed by atoms with Crippen LogP contribution in [0.1, 0.15) is 16.1 Å². The first-order valence-corrected chi connectivity index (χ1v) is 9.99. The molecule has 4 aromatic rings. The van der Waals surface area contributed by atoms with Crippen molar-refractivity contribution in [2.24, 2.45) is 0 Å². The monoisotopic (exact) mass is 441 g/mol. The molecule has 10 heteroatoms. The van der Waals surface area contributed by atoms with Crippen LogP contribution in [0.5, 0.6) is 0 Å². The summed E-state index contributed by atoms with van der Waals surface area (Å²) in [5, 5.41) is 7.12. The van der Waals surface area contributed by atoms with Crippen LogP contribution in [0.25, 0.3) is 27.7 Å². The molecule has 0 spiro atoms. The molecular formula is C22H18F3N5O2. The number of carbonyl (C=O) groups excluding carboxylic acids is 1. The van der Waals surface area contributed by atoms with Crippen molar-refractivity contribution >= 4 is 22.3 Å². The molecular weight excluding hydrogens is 423 g/mol. The van der Waals surface area contributed by atoms with Crippen LogP contribution >= 0.6 is 0 Å². The van der Waals surface area contributed by atoms with E-state index in [0.29, 0.717) is 36.4 Å². The third-order valence-electron chi connectivity index (χ3n) is 5.34. The van der Waals surface area contributed by atoms with Crippen LogP contribution in [0.15, 0.2) is 54.7 Å². The number of carbonyl (C=O) groups is 1. The molecule has 3 heterocycles. The third-order valence-corrected chi connectivity index (χ3v) is 5.34. The lowest BCUT2D eigenvalue weighted by molar-refractivity contribution is -0.142. The molecule has 7 nitrogen and oxygen atoms in total. The Labute approximate surface area is 180 Å². The van der Waals surface area contributed by atoms with Crippen molar-refractivity contribution in [2.45, 2.75) is 6.18 Å². The fourth-order valence-corrected chi connectivity index (χ4v) is 3.79. The lowest BCUT2D eigenvalue weighted by atomic mass is 10.0. The molecule has 1 amide bonds. The molecule has 1 N–H and O–H groups in total. The third kappa shape index (κ3) is 3.67. The van der Waals surface area contributed by atoms with E-state index in [1.807, 2.05) is 30.3 Å². The number of fused-ring (bicyclic) bond motifs is 2. The van der Waals surface area contributed by atoms with E-state index in [4.69, 9.17) is 4.74 Å². The summed E-state index contributed by atoms with van der Waals surface area (Å²) >= 11 is 0. The molecule has 32 heavy (non-hydrogen) atoms. The van der Waals surface area contributed by atoms with E-state index in [-0.39, 0.29) is 16.9 Å². The number of rotatable bonds is 3. The minimum atomic E-state index is -4.69. The summed E-state index contributed by atoms with van der Waals surface area (Å²) in [5.41, 5.74) is 2.15. The fraction of sp³-hybridized carbons (Fsp3) is 0.227. The molecule has 164 valence electrons. The van der Waals surface area contributed by atoms with Crippen LogP contribution < -0.4 is 5.43 Å². The van der Waals surface area contributed by atoms with Gasteiger partial charge in [-0.15, -0.1) is 0 Å². The summed E-state index contributed by atoms with van der Waals surface area (Å²) in [7, 11) is 0. The largest absolute Gasteiger partial charge is 0.433 e. The van der Waals surface area contributed by atoms with Crippen LogP contribution in [0.3, 0.4) is 0 Å². The van der Waals surface area contributed by atoms with Gasteiger partial charge < -0.3 is 4.74 Å². The Morgan fingerprint density at radius 1 is 1.06 bits per heavy atom. The number of aromatic nitrogens is 3. The Bertz CT molecular complexity index is 1310. The van der Waals surface area contributed by atoms with E-state index in [0.717, 1.165) is 23.0 Å². The van der Waals surface area contributed by atoms with E-state index >= 15 is 0 Å². The standard InChI is InChI=1S/C22H18F3N5O2/c23-22(24,25)19-12-18(16-7-3-5-14-4-1-2-6-15(14)16)27-20-17(13-26-30(19)20)21(31)28-29-8-10-32-11-9-29/h1-7,12-13H,8-11H2,(H,28,31). The Kier molecular flexibility index (Phi) is 5.03. The second-order valence-corrected chi connectivity index (χ2v) is 7.39. The number of hydrogen-bond acceptors (Lipinski definition) is 5. The Hall–Kier alpha value is -3.50. The van der Waals surface area contributed by atoms with Gasteiger partial charge in [0.15, 0.2) is 11.3 Å². The highest BCUT2D eigenvalue weighted by molar-refractivity contribution is 6.00. The number of alkyl halides is 3. The predicted octanol–water partition coefficient (Wildman–Crippen LogP) is 3.55. The second kappa shape index (κ2) is 7.88. The maximum atomic E-state index is 13.9. The molecule has 2 aromatic heterocycles. The lowest BCUT2D eigenvalue weighted by Crippen LogP contribution is -2.48. The SMILES string of the molecule is O=C(NN1CCOCC1)c1cnn2c(C(F)(F)F)cc(-c3cccc4ccccc34)nc12. The van der Waals surface area contributed by atoms with Crippen molar-refractivity contribution in [3.8, 4) is 11.3 Å². The number of nitrogens with zero attached hydrogens (tertiary/aromatic N) is 4. The molecule has 0 unspecified atom stereocenters. The Morgan fingerprint density at radius 2 is 1.81 bits per heavy atom. The van der Waals surface area contributed by atoms with E-state index < -0.39 is 17.8 Å². The number of hydrazine groups is 1. The van der Waals surface area contributed by atoms with Crippen molar-refractivity contribution in [3.63, 3.8) is 0 Å². The van der Waals surface area contributed by atoms with Gasteiger partial charge in [0.05, 0.1) is 25.1 Å². The minimum absolute atomic E-state index is 0.0379. The molecule has 0 aliphatic carbocycles. The topological polar surface area (TPSA) is 71.8 Å². The quantitative estimate of drug-likeness (QED) is 0.527. The number of hydrogen-bond donors (Lipinski definition) is 1. The normalized spacial score (nSPS) is 15.3. The van der Waals surface area contributed by atoms with Crippen LogP contribution in [0.2, 0.25) is 0 Å². The minimum Gasteiger partial charge on any atom is -0.379 e. The van der Waals surface area contributed by atoms with Gasteiger partial charge in [-0.05, 0) is 16.8 Å². The predicted molar refractivity (Wildman–Crippen MR) is 111 cm³/mol. The number of nitrogens with one attached hydrogen (secondary N) is 1. The molecule has 0 radical (unpaired) electrons. The van der Waals surface area contributed by atoms with Crippen LogP contribution in [-0.4, -0.2) is 51.8 Å². The van der Waals surface area contributed by atoms with Gasteiger partial charge in [0.2, 0.25) is 0 Å². The van der Waals surface area contributed by atoms with Gasteiger partial charge in [0, 0.05) is 18.7 Å². The summed E-state index contributed by atoms with van der Waals surface area (Å²) in [4.78, 5) is 17.3. The van der Waals surface area contributed by atoms with Gasteiger partial charge in [-0.2, -0.15) is 18.3 Å². The van der Waals surface area contributed by atoms with Gasteiger partial charge in [0.1, 0.15) is 5.56 Å². The zero-order valence-corrected chi connectivity index (χ0v) is 16.8. The number of ether oxygens (including phenoxy) is 1. The first kappa shape index (κ1) is 20.4. The van der Waals surface area contributed by atoms with Crippen LogP contribution in [-0.2, 0) is 10.9 Å². The van der Waals surface area contributed by atoms with Crippen molar-refractivity contribution in [3.05, 3.63) is 66.0 Å². The maximum Gasteiger partial charge on any atom is 0.433 e. The summed E-state index contributed by atoms with van der Waals surface area (Å²) in [6.45, 7) is 1.87. The summed E-state index contributed by atoms with van der Waals surface area (Å²) < 4.78 is 47.6. The first-order chi connectivity index (χ1) is 15.4. The first-order valence-electron chi connectivity index (χ1n) is 9.99. The Morgan fingerprint density at radius 3 is 2.59 bits per heavy atom. The second-order valence-electron chi connectivity index (χ2n) is 7.39. The number of halogens is 3. The fourth-order valence-electron chi connectivity index (χ4n) is 3.79. The van der Waals surface area contributed by atoms with Gasteiger partial charge in [-0.1, -0.05) is 42.5 Å². The van der Waals surface area contributed by atoms with Gasteiger partial charge in [-0.3, -0.25) is 10.2 Å². The lowest BCUT2D eigenvalue weighted by Gasteiger charge is -2.26. The summed E-state index contributed by atoms with van der Waals surface area (Å²) in [6, 6.07) is 13.7. The van der Waals surface area contributed by atoms with Crippen molar-refractivity contribution in [2.75, 3.05) is 26.3 Å². The number of morpholine rings is 1. The van der Waals surface area contributed by atoms with Crippen LogP contribution in [0, 0.1) is 0 Å². The van der Waals surface area contributed by atoms with Crippen LogP contribution in [0.4, 0.5) is 13.2 Å². The maximum absolute atomic E-state index is 13.9. The molecule has 0 saturated carbocycles. The summed E-state index contributed by atoms with van der Waals surface area (Å²) in [5.74, 6) is -0.572. The van der Waals surface area contributed by atoms with E-state index in [9.17, 15) is 18.0 Å². The molecule has 0 atom stereocenters. The number of benzene rings is 2. The highest BCUT2D eigenvalue weighted by atomic mass is 19.4. The van der Waals surface area contributed by atoms with Crippen molar-refractivity contribution < 1.29 is 22.7 Å². The molecule has 2 aromatic carbocycles. The average molecular weight is 441 g/mol. The highest BCUT2D eigenvalue weighted by Gasteiger charge is 2.36. The molecule has 0 bridgehead atoms. The van der Waals surface area contributed by atoms with Gasteiger partial charge in [-0.25, -0.2) is 14.5 Å². The van der Waals surface area contributed by atoms with Gasteiger partial charge >= 0.3 is 6.18 Å². The van der Waals surface area contributed by atoms with E-state index in [1.54, 1.807) is 17.1 Å². The zero-order valence-electron chi connectivity index (χ0n) is 16.8. The van der Waals surface area contributed by atoms with Crippen molar-refractivity contribution in [1.82, 2.24) is 25.0 Å². The molecule has 1 aliphatic rings. The molecule has 5 rings (SSSR count). The molecule has 1 saturated heterocycles. The summed E-state index contributed by atoms with van der Waals surface area (Å²) in [6.07, 6.45) is -3.58.